The van der Waals surface area contributed by atoms with Crippen molar-refractivity contribution in [2.24, 2.45) is 0 Å². The van der Waals surface area contributed by atoms with Gasteiger partial charge in [0.1, 0.15) is 5.75 Å². The van der Waals surface area contributed by atoms with Gasteiger partial charge in [-0.2, -0.15) is 8.78 Å². The molecule has 4 rings (SSSR count). The second kappa shape index (κ2) is 18.8. The predicted molar refractivity (Wildman–Crippen MR) is 202 cm³/mol. The van der Waals surface area contributed by atoms with Gasteiger partial charge in [-0.3, -0.25) is 30.0 Å². The van der Waals surface area contributed by atoms with E-state index >= 15 is 0 Å². The van der Waals surface area contributed by atoms with Gasteiger partial charge in [0, 0.05) is 31.7 Å². The molecule has 9 nitrogen and oxygen atoms in total. The minimum Gasteiger partial charge on any atom is -0.434 e. The Balaban J connectivity index is 0.000000288. The standard InChI is InChI=1S/C21H23ClF2N2O3.C17H16BrClN2O2/c1-5-13-6-8-14(9-7-13)18(27)25-26(21(2,3)4)19(28)16-11-10-15(22)12-17(16)29-20(23)24;1-11(2)21(20-16(22)12-6-4-3-5-7-12)17(23)14-9-8-13(19)10-15(14)18/h6-12,20H,5H2,1-4H3,(H,25,27);3-11H,1-2H3,(H,20,22). The lowest BCUT2D eigenvalue weighted by atomic mass is 10.1. The summed E-state index contributed by atoms with van der Waals surface area (Å²) < 4.78 is 30.6. The Kier molecular flexibility index (Phi) is 15.2. The highest BCUT2D eigenvalue weighted by Gasteiger charge is 2.32. The van der Waals surface area contributed by atoms with Crippen LogP contribution >= 0.6 is 39.1 Å². The van der Waals surface area contributed by atoms with Gasteiger partial charge in [0.15, 0.2) is 0 Å². The molecule has 0 atom stereocenters. The minimum absolute atomic E-state index is 0.138. The molecule has 2 N–H and O–H groups in total. The van der Waals surface area contributed by atoms with E-state index in [1.807, 2.05) is 39.0 Å². The largest absolute Gasteiger partial charge is 0.434 e. The van der Waals surface area contributed by atoms with Crippen LogP contribution in [0.4, 0.5) is 8.78 Å². The lowest BCUT2D eigenvalue weighted by Crippen LogP contribution is -2.56. The highest BCUT2D eigenvalue weighted by atomic mass is 79.9. The van der Waals surface area contributed by atoms with Gasteiger partial charge in [-0.15, -0.1) is 0 Å². The summed E-state index contributed by atoms with van der Waals surface area (Å²) in [4.78, 5) is 50.8. The number of benzene rings is 4. The molecule has 0 aliphatic rings. The van der Waals surface area contributed by atoms with Crippen LogP contribution < -0.4 is 15.6 Å². The Hall–Kier alpha value is -4.52. The van der Waals surface area contributed by atoms with Crippen molar-refractivity contribution in [3.8, 4) is 5.75 Å². The number of hydrazine groups is 2. The fourth-order valence-corrected chi connectivity index (χ4v) is 5.55. The Morgan fingerprint density at radius 3 is 1.83 bits per heavy atom. The Labute approximate surface area is 320 Å². The topological polar surface area (TPSA) is 108 Å². The molecule has 52 heavy (non-hydrogen) atoms. The molecule has 0 aliphatic carbocycles. The van der Waals surface area contributed by atoms with Crippen LogP contribution in [-0.4, -0.2) is 51.8 Å². The number of halogens is 5. The van der Waals surface area contributed by atoms with Crippen molar-refractivity contribution in [3.63, 3.8) is 0 Å². The zero-order valence-corrected chi connectivity index (χ0v) is 32.4. The van der Waals surface area contributed by atoms with E-state index in [-0.39, 0.29) is 34.2 Å². The van der Waals surface area contributed by atoms with Gasteiger partial charge < -0.3 is 4.74 Å². The van der Waals surface area contributed by atoms with E-state index in [1.165, 1.54) is 17.1 Å². The van der Waals surface area contributed by atoms with Crippen LogP contribution in [-0.2, 0) is 6.42 Å². The average molecular weight is 821 g/mol. The highest BCUT2D eigenvalue weighted by molar-refractivity contribution is 9.10. The molecule has 0 radical (unpaired) electrons. The number of rotatable bonds is 8. The van der Waals surface area contributed by atoms with E-state index < -0.39 is 24.0 Å². The van der Waals surface area contributed by atoms with Gasteiger partial charge in [-0.1, -0.05) is 60.5 Å². The van der Waals surface area contributed by atoms with Crippen LogP contribution in [0.5, 0.6) is 5.75 Å². The SMILES string of the molecule is CC(C)N(NC(=O)c1ccccc1)C(=O)c1ccc(Cl)cc1Br.CCc1ccc(C(=O)NN(C(=O)c2ccc(Cl)cc2OC(F)F)C(C)(C)C)cc1. The molecule has 0 bridgehead atoms. The summed E-state index contributed by atoms with van der Waals surface area (Å²) in [6.45, 7) is 7.63. The molecule has 276 valence electrons. The first kappa shape index (κ1) is 41.9. The smallest absolute Gasteiger partial charge is 0.387 e. The molecule has 0 aliphatic heterocycles. The molecule has 0 spiro atoms. The highest BCUT2D eigenvalue weighted by Crippen LogP contribution is 2.28. The first-order valence-electron chi connectivity index (χ1n) is 16.1. The van der Waals surface area contributed by atoms with Crippen molar-refractivity contribution in [1.29, 1.82) is 0 Å². The second-order valence-electron chi connectivity index (χ2n) is 12.5. The van der Waals surface area contributed by atoms with Gasteiger partial charge in [-0.05, 0) is 123 Å². The van der Waals surface area contributed by atoms with Crippen molar-refractivity contribution >= 4 is 62.8 Å². The van der Waals surface area contributed by atoms with Crippen LogP contribution in [0.2, 0.25) is 10.0 Å². The summed E-state index contributed by atoms with van der Waals surface area (Å²) in [5.74, 6) is -2.22. The third-order valence-corrected chi connectivity index (χ3v) is 8.38. The van der Waals surface area contributed by atoms with Gasteiger partial charge in [0.05, 0.1) is 16.7 Å². The third kappa shape index (κ3) is 11.8. The first-order chi connectivity index (χ1) is 24.4. The summed E-state index contributed by atoms with van der Waals surface area (Å²) in [5.41, 5.74) is 6.59. The number of alkyl halides is 2. The van der Waals surface area contributed by atoms with Crippen LogP contribution in [0.3, 0.4) is 0 Å². The van der Waals surface area contributed by atoms with E-state index in [1.54, 1.807) is 75.4 Å². The van der Waals surface area contributed by atoms with Crippen molar-refractivity contribution in [3.05, 3.63) is 133 Å². The normalized spacial score (nSPS) is 10.9. The Bertz CT molecular complexity index is 1870. The number of aryl methyl sites for hydroxylation is 1. The quantitative estimate of drug-likeness (QED) is 0.172. The second-order valence-corrected chi connectivity index (χ2v) is 14.2. The molecule has 0 heterocycles. The fourth-order valence-electron chi connectivity index (χ4n) is 4.54. The zero-order chi connectivity index (χ0) is 38.7. The number of ether oxygens (including phenoxy) is 1. The maximum atomic E-state index is 13.1. The van der Waals surface area contributed by atoms with E-state index in [4.69, 9.17) is 23.2 Å². The molecular weight excluding hydrogens is 781 g/mol. The number of carbonyl (C=O) groups excluding carboxylic acids is 4. The van der Waals surface area contributed by atoms with Crippen LogP contribution in [0, 0.1) is 0 Å². The van der Waals surface area contributed by atoms with E-state index in [2.05, 4.69) is 31.5 Å². The third-order valence-electron chi connectivity index (χ3n) is 7.26. The summed E-state index contributed by atoms with van der Waals surface area (Å²) in [6, 6.07) is 24.2. The number of nitrogens with zero attached hydrogens (tertiary/aromatic N) is 2. The van der Waals surface area contributed by atoms with Gasteiger partial charge in [0.2, 0.25) is 0 Å². The van der Waals surface area contributed by atoms with Gasteiger partial charge >= 0.3 is 6.61 Å². The van der Waals surface area contributed by atoms with E-state index in [9.17, 15) is 28.0 Å². The fraction of sp³-hybridized carbons (Fsp3) is 0.263. The van der Waals surface area contributed by atoms with Gasteiger partial charge in [0.25, 0.3) is 23.6 Å². The summed E-state index contributed by atoms with van der Waals surface area (Å²) in [6.07, 6.45) is 0.831. The van der Waals surface area contributed by atoms with Crippen LogP contribution in [0.1, 0.15) is 88.5 Å². The van der Waals surface area contributed by atoms with Crippen molar-refractivity contribution in [2.45, 2.75) is 66.2 Å². The molecule has 0 unspecified atom stereocenters. The van der Waals surface area contributed by atoms with E-state index in [0.29, 0.717) is 26.2 Å². The van der Waals surface area contributed by atoms with Crippen molar-refractivity contribution in [2.75, 3.05) is 0 Å². The maximum absolute atomic E-state index is 13.1. The summed E-state index contributed by atoms with van der Waals surface area (Å²) >= 11 is 15.1. The lowest BCUT2D eigenvalue weighted by Gasteiger charge is -2.35. The molecule has 4 amide bonds. The predicted octanol–water partition coefficient (Wildman–Crippen LogP) is 9.39. The molecule has 0 fully saturated rings. The first-order valence-corrected chi connectivity index (χ1v) is 17.6. The molecule has 0 saturated heterocycles. The van der Waals surface area contributed by atoms with Gasteiger partial charge in [-0.25, -0.2) is 10.0 Å². The number of amides is 4. The van der Waals surface area contributed by atoms with E-state index in [0.717, 1.165) is 23.1 Å². The Morgan fingerprint density at radius 2 is 1.31 bits per heavy atom. The average Bonchev–Trinajstić information content (AvgIpc) is 3.08. The van der Waals surface area contributed by atoms with Crippen LogP contribution in [0.25, 0.3) is 0 Å². The van der Waals surface area contributed by atoms with Crippen molar-refractivity contribution in [1.82, 2.24) is 20.9 Å². The van der Waals surface area contributed by atoms with Crippen molar-refractivity contribution < 1.29 is 32.7 Å². The number of carbonyl (C=O) groups is 4. The van der Waals surface area contributed by atoms with Crippen LogP contribution in [0.15, 0.2) is 95.5 Å². The minimum atomic E-state index is -3.13. The molecule has 0 saturated carbocycles. The number of hydrogen-bond acceptors (Lipinski definition) is 5. The molecular formula is C38H39BrCl2F2N4O5. The molecule has 14 heteroatoms. The molecule has 4 aromatic rings. The molecule has 4 aromatic carbocycles. The number of hydrogen-bond donors (Lipinski definition) is 2. The zero-order valence-electron chi connectivity index (χ0n) is 29.3. The maximum Gasteiger partial charge on any atom is 0.387 e. The summed E-state index contributed by atoms with van der Waals surface area (Å²) in [7, 11) is 0. The number of nitrogens with one attached hydrogen (secondary N) is 2. The monoisotopic (exact) mass is 818 g/mol. The summed E-state index contributed by atoms with van der Waals surface area (Å²) in [5, 5.41) is 3.06. The lowest BCUT2D eigenvalue weighted by molar-refractivity contribution is -0.0504. The Morgan fingerprint density at radius 1 is 0.769 bits per heavy atom. The molecule has 0 aromatic heterocycles.